The van der Waals surface area contributed by atoms with Gasteiger partial charge in [-0.2, -0.15) is 0 Å². The first-order valence-corrected chi connectivity index (χ1v) is 17.1. The van der Waals surface area contributed by atoms with E-state index in [1.165, 1.54) is 27.3 Å². The zero-order chi connectivity index (χ0) is 33.7. The van der Waals surface area contributed by atoms with E-state index in [0.29, 0.717) is 17.5 Å². The van der Waals surface area contributed by atoms with E-state index in [-0.39, 0.29) is 0 Å². The van der Waals surface area contributed by atoms with Crippen molar-refractivity contribution in [1.82, 2.24) is 15.0 Å². The maximum Gasteiger partial charge on any atom is 0.164 e. The van der Waals surface area contributed by atoms with Crippen molar-refractivity contribution in [1.29, 1.82) is 0 Å². The molecule has 0 bridgehead atoms. The lowest BCUT2D eigenvalue weighted by molar-refractivity contribution is 0.669. The Bertz CT molecular complexity index is 2830. The van der Waals surface area contributed by atoms with Crippen LogP contribution in [0, 0.1) is 0 Å². The molecule has 238 valence electrons. The molecule has 4 nitrogen and oxygen atoms in total. The summed E-state index contributed by atoms with van der Waals surface area (Å²) >= 11 is 0. The summed E-state index contributed by atoms with van der Waals surface area (Å²) in [7, 11) is 0. The number of rotatable bonds is 5. The number of nitrogens with zero attached hydrogens (tertiary/aromatic N) is 3. The summed E-state index contributed by atoms with van der Waals surface area (Å²) in [6.07, 6.45) is 0. The minimum atomic E-state index is 0.587. The molecule has 2 heterocycles. The van der Waals surface area contributed by atoms with E-state index in [4.69, 9.17) is 19.4 Å². The molecule has 10 aromatic rings. The van der Waals surface area contributed by atoms with Gasteiger partial charge in [0.05, 0.1) is 0 Å². The molecule has 0 fully saturated rings. The average Bonchev–Trinajstić information content (AvgIpc) is 3.57. The van der Waals surface area contributed by atoms with Crippen molar-refractivity contribution in [3.05, 3.63) is 176 Å². The van der Waals surface area contributed by atoms with Gasteiger partial charge < -0.3 is 4.42 Å². The molecular weight excluding hydrogens is 623 g/mol. The molecule has 0 saturated carbocycles. The van der Waals surface area contributed by atoms with Gasteiger partial charge in [-0.15, -0.1) is 0 Å². The van der Waals surface area contributed by atoms with Crippen LogP contribution in [0.1, 0.15) is 0 Å². The number of hydrogen-bond acceptors (Lipinski definition) is 4. The number of aromatic nitrogens is 3. The third-order valence-electron chi connectivity index (χ3n) is 9.69. The quantitative estimate of drug-likeness (QED) is 0.186. The third-order valence-corrected chi connectivity index (χ3v) is 9.69. The second-order valence-corrected chi connectivity index (χ2v) is 12.8. The van der Waals surface area contributed by atoms with Crippen LogP contribution in [0.15, 0.2) is 180 Å². The predicted molar refractivity (Wildman–Crippen MR) is 209 cm³/mol. The second-order valence-electron chi connectivity index (χ2n) is 12.8. The summed E-state index contributed by atoms with van der Waals surface area (Å²) < 4.78 is 6.68. The van der Waals surface area contributed by atoms with Crippen molar-refractivity contribution in [3.8, 4) is 56.4 Å². The van der Waals surface area contributed by atoms with Gasteiger partial charge in [-0.3, -0.25) is 0 Å². The van der Waals surface area contributed by atoms with E-state index in [2.05, 4.69) is 115 Å². The van der Waals surface area contributed by atoms with Crippen LogP contribution in [0.2, 0.25) is 0 Å². The van der Waals surface area contributed by atoms with Crippen LogP contribution in [0.25, 0.3) is 99.9 Å². The molecule has 10 rings (SSSR count). The first kappa shape index (κ1) is 29.0. The van der Waals surface area contributed by atoms with Crippen LogP contribution in [-0.2, 0) is 0 Å². The molecule has 8 aromatic carbocycles. The predicted octanol–water partition coefficient (Wildman–Crippen LogP) is 12.4. The van der Waals surface area contributed by atoms with Crippen LogP contribution >= 0.6 is 0 Å². The van der Waals surface area contributed by atoms with Gasteiger partial charge in [0.15, 0.2) is 17.5 Å². The van der Waals surface area contributed by atoms with E-state index in [1.54, 1.807) is 0 Å². The molecule has 0 spiro atoms. The smallest absolute Gasteiger partial charge is 0.164 e. The SMILES string of the molecule is c1ccc(-c2nc(-c3ccccc3)nc(-c3cc(-c4ccc(-c5cccc6ccccc56)cc4)c4c(c3)oc3cc5ccccc5cc34)n2)cc1. The summed E-state index contributed by atoms with van der Waals surface area (Å²) in [6.45, 7) is 0. The Kier molecular flexibility index (Phi) is 6.78. The number of benzene rings is 8. The molecule has 0 N–H and O–H groups in total. The first-order chi connectivity index (χ1) is 25.2. The lowest BCUT2D eigenvalue weighted by Crippen LogP contribution is -2.00. The van der Waals surface area contributed by atoms with Crippen LogP contribution in [0.4, 0.5) is 0 Å². The van der Waals surface area contributed by atoms with Crippen molar-refractivity contribution >= 4 is 43.5 Å². The van der Waals surface area contributed by atoms with E-state index in [0.717, 1.165) is 55.1 Å². The molecule has 0 saturated heterocycles. The van der Waals surface area contributed by atoms with Crippen molar-refractivity contribution in [2.75, 3.05) is 0 Å². The van der Waals surface area contributed by atoms with Gasteiger partial charge in [0.1, 0.15) is 11.2 Å². The zero-order valence-corrected chi connectivity index (χ0v) is 27.5. The molecule has 0 aliphatic heterocycles. The van der Waals surface area contributed by atoms with Gasteiger partial charge in [-0.05, 0) is 68.1 Å². The highest BCUT2D eigenvalue weighted by atomic mass is 16.3. The highest BCUT2D eigenvalue weighted by Crippen LogP contribution is 2.42. The van der Waals surface area contributed by atoms with Crippen molar-refractivity contribution in [2.24, 2.45) is 0 Å². The Hall–Kier alpha value is -6.91. The second kappa shape index (κ2) is 11.9. The molecule has 0 amide bonds. The van der Waals surface area contributed by atoms with Crippen LogP contribution in [0.3, 0.4) is 0 Å². The van der Waals surface area contributed by atoms with Crippen LogP contribution in [-0.4, -0.2) is 15.0 Å². The summed E-state index contributed by atoms with van der Waals surface area (Å²) in [6, 6.07) is 61.1. The molecular formula is C47H29N3O. The van der Waals surface area contributed by atoms with Gasteiger partial charge in [-0.1, -0.05) is 152 Å². The Morgan fingerprint density at radius 3 is 1.51 bits per heavy atom. The normalized spacial score (nSPS) is 11.5. The molecule has 0 atom stereocenters. The maximum absolute atomic E-state index is 6.68. The number of furan rings is 1. The van der Waals surface area contributed by atoms with Gasteiger partial charge in [0.25, 0.3) is 0 Å². The molecule has 0 unspecified atom stereocenters. The summed E-state index contributed by atoms with van der Waals surface area (Å²) in [5.74, 6) is 1.83. The standard InChI is InChI=1S/C47H29N3O/c1-3-13-33(14-4-1)45-48-46(34-15-5-2-6-16-34)50-47(49-45)37-27-40(44-41-26-35-17-7-8-18-36(35)28-42(41)51-43(44)29-37)32-24-22-31(23-25-32)39-21-11-19-30-12-9-10-20-38(30)39/h1-29H. The van der Waals surface area contributed by atoms with E-state index >= 15 is 0 Å². The van der Waals surface area contributed by atoms with Gasteiger partial charge in [0, 0.05) is 27.5 Å². The lowest BCUT2D eigenvalue weighted by atomic mass is 9.93. The lowest BCUT2D eigenvalue weighted by Gasteiger charge is -2.12. The molecule has 0 aliphatic carbocycles. The largest absolute Gasteiger partial charge is 0.456 e. The zero-order valence-electron chi connectivity index (χ0n) is 27.5. The Morgan fingerprint density at radius 1 is 0.314 bits per heavy atom. The Labute approximate surface area is 294 Å². The molecule has 2 aromatic heterocycles. The summed E-state index contributed by atoms with van der Waals surface area (Å²) in [4.78, 5) is 15.0. The summed E-state index contributed by atoms with van der Waals surface area (Å²) in [5.41, 5.74) is 8.88. The fraction of sp³-hybridized carbons (Fsp3) is 0. The highest BCUT2D eigenvalue weighted by molar-refractivity contribution is 6.16. The van der Waals surface area contributed by atoms with Gasteiger partial charge in [-0.25, -0.2) is 15.0 Å². The molecule has 0 radical (unpaired) electrons. The number of hydrogen-bond donors (Lipinski definition) is 0. The van der Waals surface area contributed by atoms with E-state index in [9.17, 15) is 0 Å². The first-order valence-electron chi connectivity index (χ1n) is 17.1. The Morgan fingerprint density at radius 2 is 0.843 bits per heavy atom. The topological polar surface area (TPSA) is 51.8 Å². The van der Waals surface area contributed by atoms with Crippen LogP contribution in [0.5, 0.6) is 0 Å². The molecule has 0 aliphatic rings. The fourth-order valence-corrected chi connectivity index (χ4v) is 7.19. The maximum atomic E-state index is 6.68. The van der Waals surface area contributed by atoms with Crippen molar-refractivity contribution < 1.29 is 4.42 Å². The Balaban J connectivity index is 1.21. The fourth-order valence-electron chi connectivity index (χ4n) is 7.19. The third kappa shape index (κ3) is 5.13. The van der Waals surface area contributed by atoms with Gasteiger partial charge in [0.2, 0.25) is 0 Å². The van der Waals surface area contributed by atoms with Gasteiger partial charge >= 0.3 is 0 Å². The average molecular weight is 652 g/mol. The van der Waals surface area contributed by atoms with Crippen molar-refractivity contribution in [3.63, 3.8) is 0 Å². The molecule has 51 heavy (non-hydrogen) atoms. The van der Waals surface area contributed by atoms with Crippen LogP contribution < -0.4 is 0 Å². The number of fused-ring (bicyclic) bond motifs is 5. The monoisotopic (exact) mass is 651 g/mol. The summed E-state index contributed by atoms with van der Waals surface area (Å²) in [5, 5.41) is 6.93. The highest BCUT2D eigenvalue weighted by Gasteiger charge is 2.19. The molecule has 4 heteroatoms. The van der Waals surface area contributed by atoms with E-state index in [1.807, 2.05) is 60.7 Å². The minimum absolute atomic E-state index is 0.587. The van der Waals surface area contributed by atoms with Crippen molar-refractivity contribution in [2.45, 2.75) is 0 Å². The minimum Gasteiger partial charge on any atom is -0.456 e. The van der Waals surface area contributed by atoms with E-state index < -0.39 is 0 Å².